The van der Waals surface area contributed by atoms with Gasteiger partial charge in [0, 0.05) is 34.4 Å². The van der Waals surface area contributed by atoms with Gasteiger partial charge in [-0.25, -0.2) is 0 Å². The van der Waals surface area contributed by atoms with Gasteiger partial charge in [0.1, 0.15) is 5.69 Å². The summed E-state index contributed by atoms with van der Waals surface area (Å²) in [6, 6.07) is 1.65. The number of aromatic amines is 1. The first-order chi connectivity index (χ1) is 8.61. The molecule has 88 valence electrons. The Morgan fingerprint density at radius 2 is 2.17 bits per heavy atom. The third-order valence-electron chi connectivity index (χ3n) is 2.96. The lowest BCUT2D eigenvalue weighted by Gasteiger charge is -2.14. The molecule has 0 atom stereocenters. The molecule has 1 aliphatic carbocycles. The molecule has 5 heteroatoms. The van der Waals surface area contributed by atoms with E-state index in [9.17, 15) is 4.79 Å². The Hall–Kier alpha value is -2.69. The Morgan fingerprint density at radius 3 is 2.89 bits per heavy atom. The van der Waals surface area contributed by atoms with Crippen LogP contribution in [-0.2, 0) is 0 Å². The smallest absolute Gasteiger partial charge is 0.196 e. The molecule has 18 heavy (non-hydrogen) atoms. The number of pyridine rings is 1. The van der Waals surface area contributed by atoms with Crippen molar-refractivity contribution >= 4 is 17.9 Å². The van der Waals surface area contributed by atoms with Crippen molar-refractivity contribution in [1.29, 1.82) is 0 Å². The van der Waals surface area contributed by atoms with E-state index in [0.29, 0.717) is 33.0 Å². The fraction of sp³-hybridized carbons (Fsp3) is 0. The van der Waals surface area contributed by atoms with Crippen molar-refractivity contribution < 1.29 is 4.79 Å². The molecule has 5 nitrogen and oxygen atoms in total. The number of H-pyrrole nitrogens is 1. The van der Waals surface area contributed by atoms with Crippen LogP contribution in [0.2, 0.25) is 0 Å². The maximum absolute atomic E-state index is 12.4. The molecule has 2 aromatic heterocycles. The standard InChI is InChI=1S/C13H10N4O/c1-6(14)10-11-7(2)16-17-12(11)9-5-15-4-3-8(9)13(10)18/h3-5,16H,1-2,14H2. The molecule has 2 aromatic rings. The second-order valence-corrected chi connectivity index (χ2v) is 4.08. The molecule has 0 fully saturated rings. The third kappa shape index (κ3) is 1.18. The van der Waals surface area contributed by atoms with Crippen molar-refractivity contribution in [3.8, 4) is 11.3 Å². The Labute approximate surface area is 102 Å². The Balaban J connectivity index is 2.57. The lowest BCUT2D eigenvalue weighted by atomic mass is 9.89. The van der Waals surface area contributed by atoms with E-state index in [1.165, 1.54) is 0 Å². The number of hydrogen-bond donors (Lipinski definition) is 2. The molecule has 3 N–H and O–H groups in total. The first kappa shape index (κ1) is 10.5. The topological polar surface area (TPSA) is 84.7 Å². The van der Waals surface area contributed by atoms with Crippen molar-refractivity contribution in [2.24, 2.45) is 5.73 Å². The number of aromatic nitrogens is 3. The van der Waals surface area contributed by atoms with E-state index >= 15 is 0 Å². The highest BCUT2D eigenvalue weighted by molar-refractivity contribution is 6.31. The zero-order chi connectivity index (χ0) is 12.9. The highest BCUT2D eigenvalue weighted by Gasteiger charge is 2.27. The van der Waals surface area contributed by atoms with E-state index in [1.54, 1.807) is 18.5 Å². The molecular formula is C13H10N4O. The summed E-state index contributed by atoms with van der Waals surface area (Å²) in [5.41, 5.74) is 8.17. The molecule has 3 rings (SSSR count). The summed E-state index contributed by atoms with van der Waals surface area (Å²) in [5, 5.41) is 8.10. The molecule has 0 radical (unpaired) electrons. The molecule has 1 aliphatic rings. The van der Waals surface area contributed by atoms with Crippen LogP contribution in [0.1, 0.15) is 10.4 Å². The number of fused-ring (bicyclic) bond motifs is 3. The van der Waals surface area contributed by atoms with Gasteiger partial charge in [-0.2, -0.15) is 5.10 Å². The molecule has 0 aliphatic heterocycles. The largest absolute Gasteiger partial charge is 0.399 e. The van der Waals surface area contributed by atoms with Gasteiger partial charge in [0.2, 0.25) is 0 Å². The summed E-state index contributed by atoms with van der Waals surface area (Å²) in [5.74, 6) is -0.168. The summed E-state index contributed by atoms with van der Waals surface area (Å²) in [6.07, 6.45) is 3.18. The maximum Gasteiger partial charge on any atom is 0.196 e. The zero-order valence-corrected chi connectivity index (χ0v) is 9.53. The second kappa shape index (κ2) is 3.40. The number of allylic oxidation sites excluding steroid dienone is 1. The summed E-state index contributed by atoms with van der Waals surface area (Å²) in [7, 11) is 0. The molecule has 0 spiro atoms. The normalized spacial score (nSPS) is 13.1. The van der Waals surface area contributed by atoms with Crippen molar-refractivity contribution in [3.05, 3.63) is 46.9 Å². The molecule has 0 unspecified atom stereocenters. The van der Waals surface area contributed by atoms with Gasteiger partial charge < -0.3 is 5.73 Å². The molecular weight excluding hydrogens is 228 g/mol. The fourth-order valence-corrected chi connectivity index (χ4v) is 2.18. The summed E-state index contributed by atoms with van der Waals surface area (Å²) in [6.45, 7) is 7.48. The second-order valence-electron chi connectivity index (χ2n) is 4.08. The number of nitrogens with zero attached hydrogens (tertiary/aromatic N) is 2. The van der Waals surface area contributed by atoms with Crippen LogP contribution < -0.4 is 16.3 Å². The first-order valence-electron chi connectivity index (χ1n) is 5.32. The van der Waals surface area contributed by atoms with E-state index in [-0.39, 0.29) is 11.5 Å². The van der Waals surface area contributed by atoms with Crippen LogP contribution in [0.4, 0.5) is 0 Å². The van der Waals surface area contributed by atoms with Gasteiger partial charge in [0.25, 0.3) is 0 Å². The number of Topliss-reactive ketones (excluding diaryl/α,β-unsaturated/α-hetero) is 1. The van der Waals surface area contributed by atoms with Gasteiger partial charge in [0.05, 0.1) is 10.9 Å². The lowest BCUT2D eigenvalue weighted by Crippen LogP contribution is -2.33. The summed E-state index contributed by atoms with van der Waals surface area (Å²) < 4.78 is 0. The van der Waals surface area contributed by atoms with Gasteiger partial charge in [-0.05, 0) is 6.07 Å². The van der Waals surface area contributed by atoms with E-state index in [1.807, 2.05) is 0 Å². The monoisotopic (exact) mass is 238 g/mol. The average Bonchev–Trinajstić information content (AvgIpc) is 2.72. The number of nitrogens with one attached hydrogen (secondary N) is 1. The van der Waals surface area contributed by atoms with Gasteiger partial charge in [-0.15, -0.1) is 0 Å². The quantitative estimate of drug-likeness (QED) is 0.714. The van der Waals surface area contributed by atoms with Gasteiger partial charge in [-0.3, -0.25) is 14.9 Å². The predicted molar refractivity (Wildman–Crippen MR) is 67.7 cm³/mol. The SMILES string of the molecule is C=C(N)C1=c2c(n[nH]c2=C)-c2cnccc2C1=O. The van der Waals surface area contributed by atoms with Crippen LogP contribution in [0.15, 0.2) is 30.7 Å². The molecule has 0 saturated heterocycles. The van der Waals surface area contributed by atoms with Crippen molar-refractivity contribution in [3.63, 3.8) is 0 Å². The Bertz CT molecular complexity index is 801. The minimum absolute atomic E-state index is 0.168. The zero-order valence-electron chi connectivity index (χ0n) is 9.53. The minimum Gasteiger partial charge on any atom is -0.399 e. The van der Waals surface area contributed by atoms with E-state index < -0.39 is 0 Å². The highest BCUT2D eigenvalue weighted by atomic mass is 16.1. The third-order valence-corrected chi connectivity index (χ3v) is 2.96. The highest BCUT2D eigenvalue weighted by Crippen LogP contribution is 2.26. The molecule has 0 saturated carbocycles. The van der Waals surface area contributed by atoms with Crippen LogP contribution in [0, 0.1) is 0 Å². The average molecular weight is 238 g/mol. The van der Waals surface area contributed by atoms with E-state index in [0.717, 1.165) is 0 Å². The first-order valence-corrected chi connectivity index (χ1v) is 5.32. The maximum atomic E-state index is 12.4. The Morgan fingerprint density at radius 1 is 1.39 bits per heavy atom. The van der Waals surface area contributed by atoms with Gasteiger partial charge in [0.15, 0.2) is 5.78 Å². The Kier molecular flexibility index (Phi) is 1.98. The van der Waals surface area contributed by atoms with Crippen LogP contribution in [0.25, 0.3) is 23.4 Å². The number of nitrogens with two attached hydrogens (primary N) is 1. The van der Waals surface area contributed by atoms with Crippen molar-refractivity contribution in [2.75, 3.05) is 0 Å². The van der Waals surface area contributed by atoms with Crippen LogP contribution in [-0.4, -0.2) is 21.0 Å². The molecule has 0 aromatic carbocycles. The van der Waals surface area contributed by atoms with Crippen LogP contribution in [0.3, 0.4) is 0 Å². The fourth-order valence-electron chi connectivity index (χ4n) is 2.18. The van der Waals surface area contributed by atoms with Gasteiger partial charge in [-0.1, -0.05) is 13.2 Å². The number of carbonyl (C=O) groups is 1. The predicted octanol–water partition coefficient (Wildman–Crippen LogP) is -0.299. The number of rotatable bonds is 1. The van der Waals surface area contributed by atoms with Crippen LogP contribution >= 0.6 is 0 Å². The molecule has 0 bridgehead atoms. The van der Waals surface area contributed by atoms with Gasteiger partial charge >= 0.3 is 0 Å². The summed E-state index contributed by atoms with van der Waals surface area (Å²) >= 11 is 0. The van der Waals surface area contributed by atoms with Crippen LogP contribution in [0.5, 0.6) is 0 Å². The summed E-state index contributed by atoms with van der Waals surface area (Å²) in [4.78, 5) is 16.4. The number of ketones is 1. The van der Waals surface area contributed by atoms with Crippen molar-refractivity contribution in [2.45, 2.75) is 0 Å². The van der Waals surface area contributed by atoms with E-state index in [4.69, 9.17) is 5.73 Å². The van der Waals surface area contributed by atoms with E-state index in [2.05, 4.69) is 28.3 Å². The number of carbonyl (C=O) groups excluding carboxylic acids is 1. The molecule has 2 heterocycles. The molecule has 0 amide bonds. The van der Waals surface area contributed by atoms with Crippen molar-refractivity contribution in [1.82, 2.24) is 15.2 Å². The minimum atomic E-state index is -0.168. The number of hydrogen-bond acceptors (Lipinski definition) is 4. The lowest BCUT2D eigenvalue weighted by molar-refractivity contribution is 0.105.